The van der Waals surface area contributed by atoms with Crippen LogP contribution in [0.2, 0.25) is 0 Å². The molecule has 1 N–H and O–H groups in total. The Morgan fingerprint density at radius 2 is 1.61 bits per heavy atom. The lowest BCUT2D eigenvalue weighted by Crippen LogP contribution is -2.14. The van der Waals surface area contributed by atoms with Crippen LogP contribution in [-0.4, -0.2) is 13.2 Å². The second-order valence-electron chi connectivity index (χ2n) is 5.09. The molecule has 0 fully saturated rings. The van der Waals surface area contributed by atoms with Crippen LogP contribution in [0.5, 0.6) is 5.75 Å². The fourth-order valence-corrected chi connectivity index (χ4v) is 2.36. The molecule has 0 saturated heterocycles. The van der Waals surface area contributed by atoms with E-state index in [2.05, 4.69) is 5.32 Å². The highest BCUT2D eigenvalue weighted by Crippen LogP contribution is 2.30. The van der Waals surface area contributed by atoms with Crippen molar-refractivity contribution < 1.29 is 14.3 Å². The van der Waals surface area contributed by atoms with E-state index in [0.29, 0.717) is 11.4 Å². The Bertz CT molecular complexity index is 815. The Morgan fingerprint density at radius 3 is 2.30 bits per heavy atom. The molecule has 4 nitrogen and oxygen atoms in total. The number of benzene rings is 3. The van der Waals surface area contributed by atoms with E-state index >= 15 is 0 Å². The minimum Gasteiger partial charge on any atom is -0.495 e. The molecular formula is C19H17NO3. The van der Waals surface area contributed by atoms with Crippen LogP contribution in [0.15, 0.2) is 66.7 Å². The largest absolute Gasteiger partial charge is 0.495 e. The van der Waals surface area contributed by atoms with Crippen molar-refractivity contribution >= 4 is 22.6 Å². The number of ether oxygens (including phenoxy) is 2. The summed E-state index contributed by atoms with van der Waals surface area (Å²) in [5.74, 6) is 0.598. The highest BCUT2D eigenvalue weighted by molar-refractivity contribution is 5.94. The minimum absolute atomic E-state index is 0.225. The number of fused-ring (bicyclic) bond motifs is 1. The molecule has 1 amide bonds. The predicted molar refractivity (Wildman–Crippen MR) is 90.7 cm³/mol. The molecule has 23 heavy (non-hydrogen) atoms. The van der Waals surface area contributed by atoms with Gasteiger partial charge in [0, 0.05) is 0 Å². The summed E-state index contributed by atoms with van der Waals surface area (Å²) in [7, 11) is 1.57. The Balaban J connectivity index is 1.73. The van der Waals surface area contributed by atoms with Crippen molar-refractivity contribution in [1.82, 2.24) is 0 Å². The third-order valence-electron chi connectivity index (χ3n) is 3.52. The summed E-state index contributed by atoms with van der Waals surface area (Å²) >= 11 is 0. The second-order valence-corrected chi connectivity index (χ2v) is 5.09. The SMILES string of the molecule is COc1cc2ccccc2cc1NC(=O)OCc1ccccc1. The fraction of sp³-hybridized carbons (Fsp3) is 0.105. The summed E-state index contributed by atoms with van der Waals surface area (Å²) in [4.78, 5) is 12.0. The van der Waals surface area contributed by atoms with Crippen molar-refractivity contribution in [2.45, 2.75) is 6.61 Å². The third kappa shape index (κ3) is 3.61. The van der Waals surface area contributed by atoms with Gasteiger partial charge in [-0.2, -0.15) is 0 Å². The topological polar surface area (TPSA) is 47.6 Å². The maximum absolute atomic E-state index is 12.0. The first-order valence-corrected chi connectivity index (χ1v) is 7.31. The third-order valence-corrected chi connectivity index (χ3v) is 3.52. The second kappa shape index (κ2) is 6.83. The van der Waals surface area contributed by atoms with Crippen LogP contribution in [0.4, 0.5) is 10.5 Å². The summed E-state index contributed by atoms with van der Waals surface area (Å²) in [5.41, 5.74) is 1.53. The van der Waals surface area contributed by atoms with Gasteiger partial charge in [0.25, 0.3) is 0 Å². The van der Waals surface area contributed by atoms with E-state index in [1.165, 1.54) is 0 Å². The fourth-order valence-electron chi connectivity index (χ4n) is 2.36. The van der Waals surface area contributed by atoms with Crippen molar-refractivity contribution in [2.24, 2.45) is 0 Å². The van der Waals surface area contributed by atoms with Gasteiger partial charge in [-0.25, -0.2) is 4.79 Å². The maximum atomic E-state index is 12.0. The molecule has 0 heterocycles. The molecule has 0 spiro atoms. The van der Waals surface area contributed by atoms with E-state index in [0.717, 1.165) is 16.3 Å². The number of carbonyl (C=O) groups excluding carboxylic acids is 1. The molecule has 3 rings (SSSR count). The summed E-state index contributed by atoms with van der Waals surface area (Å²) < 4.78 is 10.6. The summed E-state index contributed by atoms with van der Waals surface area (Å²) in [5, 5.41) is 4.81. The van der Waals surface area contributed by atoms with Gasteiger partial charge < -0.3 is 9.47 Å². The molecule has 3 aromatic rings. The molecule has 0 saturated carbocycles. The minimum atomic E-state index is -0.512. The van der Waals surface area contributed by atoms with Gasteiger partial charge in [-0.15, -0.1) is 0 Å². The molecule has 4 heteroatoms. The first-order valence-electron chi connectivity index (χ1n) is 7.31. The molecule has 0 aromatic heterocycles. The van der Waals surface area contributed by atoms with Crippen LogP contribution >= 0.6 is 0 Å². The lowest BCUT2D eigenvalue weighted by Gasteiger charge is -2.12. The van der Waals surface area contributed by atoms with E-state index in [1.54, 1.807) is 7.11 Å². The van der Waals surface area contributed by atoms with Gasteiger partial charge in [-0.05, 0) is 28.5 Å². The van der Waals surface area contributed by atoms with Gasteiger partial charge in [0.05, 0.1) is 12.8 Å². The van der Waals surface area contributed by atoms with Gasteiger partial charge in [-0.1, -0.05) is 54.6 Å². The van der Waals surface area contributed by atoms with E-state index < -0.39 is 6.09 Å². The summed E-state index contributed by atoms with van der Waals surface area (Å²) in [6.07, 6.45) is -0.512. The van der Waals surface area contributed by atoms with Gasteiger partial charge in [0.2, 0.25) is 0 Å². The molecule has 3 aromatic carbocycles. The number of hydrogen-bond acceptors (Lipinski definition) is 3. The van der Waals surface area contributed by atoms with E-state index in [1.807, 2.05) is 66.7 Å². The zero-order chi connectivity index (χ0) is 16.1. The maximum Gasteiger partial charge on any atom is 0.412 e. The van der Waals surface area contributed by atoms with Crippen molar-refractivity contribution in [3.63, 3.8) is 0 Å². The molecule has 0 aliphatic carbocycles. The average Bonchev–Trinajstić information content (AvgIpc) is 2.60. The van der Waals surface area contributed by atoms with Crippen molar-refractivity contribution in [3.05, 3.63) is 72.3 Å². The first kappa shape index (κ1) is 14.9. The van der Waals surface area contributed by atoms with Crippen LogP contribution in [0.25, 0.3) is 10.8 Å². The predicted octanol–water partition coefficient (Wildman–Crippen LogP) is 4.60. The number of anilines is 1. The Labute approximate surface area is 134 Å². The van der Waals surface area contributed by atoms with Crippen LogP contribution in [0, 0.1) is 0 Å². The summed E-state index contributed by atoms with van der Waals surface area (Å²) in [6, 6.07) is 21.2. The summed E-state index contributed by atoms with van der Waals surface area (Å²) in [6.45, 7) is 0.225. The van der Waals surface area contributed by atoms with E-state index in [-0.39, 0.29) is 6.61 Å². The monoisotopic (exact) mass is 307 g/mol. The zero-order valence-electron chi connectivity index (χ0n) is 12.8. The molecule has 0 aliphatic rings. The van der Waals surface area contributed by atoms with Crippen molar-refractivity contribution in [2.75, 3.05) is 12.4 Å². The van der Waals surface area contributed by atoms with Crippen molar-refractivity contribution in [1.29, 1.82) is 0 Å². The Kier molecular flexibility index (Phi) is 4.43. The van der Waals surface area contributed by atoms with E-state index in [4.69, 9.17) is 9.47 Å². The lowest BCUT2D eigenvalue weighted by atomic mass is 10.1. The lowest BCUT2D eigenvalue weighted by molar-refractivity contribution is 0.155. The Hall–Kier alpha value is -3.01. The molecule has 0 bridgehead atoms. The normalized spacial score (nSPS) is 10.3. The van der Waals surface area contributed by atoms with Gasteiger partial charge in [-0.3, -0.25) is 5.32 Å². The number of hydrogen-bond donors (Lipinski definition) is 1. The van der Waals surface area contributed by atoms with Crippen molar-refractivity contribution in [3.8, 4) is 5.75 Å². The standard InChI is InChI=1S/C19H17NO3/c1-22-18-12-16-10-6-5-9-15(16)11-17(18)20-19(21)23-13-14-7-3-2-4-8-14/h2-12H,13H2,1H3,(H,20,21). The van der Waals surface area contributed by atoms with Crippen LogP contribution in [-0.2, 0) is 11.3 Å². The van der Waals surface area contributed by atoms with Crippen LogP contribution < -0.4 is 10.1 Å². The molecular weight excluding hydrogens is 290 g/mol. The number of methoxy groups -OCH3 is 1. The first-order chi connectivity index (χ1) is 11.3. The highest BCUT2D eigenvalue weighted by Gasteiger charge is 2.10. The Morgan fingerprint density at radius 1 is 0.957 bits per heavy atom. The molecule has 116 valence electrons. The number of rotatable bonds is 4. The quantitative estimate of drug-likeness (QED) is 0.766. The molecule has 0 unspecified atom stereocenters. The van der Waals surface area contributed by atoms with Gasteiger partial charge in [0.15, 0.2) is 0 Å². The smallest absolute Gasteiger partial charge is 0.412 e. The highest BCUT2D eigenvalue weighted by atomic mass is 16.5. The number of nitrogens with one attached hydrogen (secondary N) is 1. The number of carbonyl (C=O) groups is 1. The average molecular weight is 307 g/mol. The van der Waals surface area contributed by atoms with Gasteiger partial charge >= 0.3 is 6.09 Å². The van der Waals surface area contributed by atoms with E-state index in [9.17, 15) is 4.79 Å². The zero-order valence-corrected chi connectivity index (χ0v) is 12.8. The van der Waals surface area contributed by atoms with Crippen LogP contribution in [0.3, 0.4) is 0 Å². The molecule has 0 radical (unpaired) electrons. The molecule has 0 atom stereocenters. The molecule has 0 aliphatic heterocycles. The van der Waals surface area contributed by atoms with Crippen LogP contribution in [0.1, 0.15) is 5.56 Å². The number of amides is 1. The van der Waals surface area contributed by atoms with Gasteiger partial charge in [0.1, 0.15) is 12.4 Å².